The Morgan fingerprint density at radius 3 is 2.84 bits per heavy atom. The van der Waals surface area contributed by atoms with Crippen LogP contribution in [0, 0.1) is 5.82 Å². The topological polar surface area (TPSA) is 29.1 Å². The number of rotatable bonds is 1. The molecule has 1 N–H and O–H groups in total. The number of hydrogen-bond donors (Lipinski definition) is 1. The summed E-state index contributed by atoms with van der Waals surface area (Å²) in [5.41, 5.74) is 2.39. The highest BCUT2D eigenvalue weighted by Crippen LogP contribution is 2.64. The molecule has 0 bridgehead atoms. The van der Waals surface area contributed by atoms with E-state index in [1.807, 2.05) is 30.3 Å². The third kappa shape index (κ3) is 1.33. The van der Waals surface area contributed by atoms with E-state index in [0.29, 0.717) is 0 Å². The summed E-state index contributed by atoms with van der Waals surface area (Å²) in [7, 11) is 0. The van der Waals surface area contributed by atoms with Crippen LogP contribution in [0.2, 0.25) is 0 Å². The maximum Gasteiger partial charge on any atom is 0.235 e. The van der Waals surface area contributed by atoms with E-state index in [1.54, 1.807) is 6.07 Å². The molecule has 19 heavy (non-hydrogen) atoms. The summed E-state index contributed by atoms with van der Waals surface area (Å²) in [5.74, 6) is -0.110. The number of carbonyl (C=O) groups is 1. The fourth-order valence-corrected chi connectivity index (χ4v) is 3.27. The van der Waals surface area contributed by atoms with Crippen molar-refractivity contribution in [2.45, 2.75) is 17.8 Å². The van der Waals surface area contributed by atoms with E-state index < -0.39 is 5.41 Å². The van der Waals surface area contributed by atoms with Crippen molar-refractivity contribution in [2.75, 3.05) is 5.32 Å². The molecule has 94 valence electrons. The first kappa shape index (κ1) is 10.7. The number of fused-ring (bicyclic) bond motifs is 2. The van der Waals surface area contributed by atoms with Gasteiger partial charge in [-0.05, 0) is 35.7 Å². The van der Waals surface area contributed by atoms with Crippen LogP contribution in [0.25, 0.3) is 0 Å². The summed E-state index contributed by atoms with van der Waals surface area (Å²) in [6.07, 6.45) is 0.763. The summed E-state index contributed by atoms with van der Waals surface area (Å²) in [6.45, 7) is 0. The predicted octanol–water partition coefficient (Wildman–Crippen LogP) is 3.20. The zero-order valence-corrected chi connectivity index (χ0v) is 10.2. The van der Waals surface area contributed by atoms with E-state index in [2.05, 4.69) is 5.32 Å². The highest BCUT2D eigenvalue weighted by molar-refractivity contribution is 6.09. The minimum absolute atomic E-state index is 0.0444. The predicted molar refractivity (Wildman–Crippen MR) is 70.5 cm³/mol. The van der Waals surface area contributed by atoms with Crippen LogP contribution >= 0.6 is 0 Å². The number of carbonyl (C=O) groups excluding carboxylic acids is 1. The smallest absolute Gasteiger partial charge is 0.235 e. The molecule has 2 aromatic carbocycles. The average molecular weight is 253 g/mol. The SMILES string of the molecule is O=C1Nc2ccccc2[C@@]12C[C@@H]2c1cccc(F)c1. The van der Waals surface area contributed by atoms with Crippen molar-refractivity contribution in [1.29, 1.82) is 0 Å². The number of halogens is 1. The van der Waals surface area contributed by atoms with Crippen molar-refractivity contribution >= 4 is 11.6 Å². The van der Waals surface area contributed by atoms with Crippen molar-refractivity contribution in [2.24, 2.45) is 0 Å². The largest absolute Gasteiger partial charge is 0.325 e. The van der Waals surface area contributed by atoms with Crippen molar-refractivity contribution in [3.63, 3.8) is 0 Å². The first-order valence-electron chi connectivity index (χ1n) is 6.38. The van der Waals surface area contributed by atoms with Gasteiger partial charge in [-0.15, -0.1) is 0 Å². The summed E-state index contributed by atoms with van der Waals surface area (Å²) in [5, 5.41) is 2.93. The molecule has 2 nitrogen and oxygen atoms in total. The maximum absolute atomic E-state index is 13.3. The maximum atomic E-state index is 13.3. The molecule has 1 fully saturated rings. The monoisotopic (exact) mass is 253 g/mol. The van der Waals surface area contributed by atoms with Gasteiger partial charge in [0.05, 0.1) is 5.41 Å². The normalized spacial score (nSPS) is 27.2. The summed E-state index contributed by atoms with van der Waals surface area (Å²) < 4.78 is 13.3. The summed E-state index contributed by atoms with van der Waals surface area (Å²) >= 11 is 0. The molecule has 1 heterocycles. The van der Waals surface area contributed by atoms with Gasteiger partial charge < -0.3 is 5.32 Å². The van der Waals surface area contributed by atoms with Crippen molar-refractivity contribution in [3.8, 4) is 0 Å². The van der Waals surface area contributed by atoms with E-state index in [1.165, 1.54) is 12.1 Å². The second kappa shape index (κ2) is 3.44. The molecule has 2 atom stereocenters. The van der Waals surface area contributed by atoms with E-state index in [-0.39, 0.29) is 17.6 Å². The average Bonchev–Trinajstić information content (AvgIpc) is 3.09. The van der Waals surface area contributed by atoms with Crippen LogP contribution in [-0.2, 0) is 10.2 Å². The van der Waals surface area contributed by atoms with E-state index in [9.17, 15) is 9.18 Å². The van der Waals surface area contributed by atoms with Gasteiger partial charge in [0.25, 0.3) is 0 Å². The van der Waals surface area contributed by atoms with Gasteiger partial charge in [-0.25, -0.2) is 4.39 Å². The van der Waals surface area contributed by atoms with Crippen LogP contribution in [-0.4, -0.2) is 5.91 Å². The molecule has 4 rings (SSSR count). The number of anilines is 1. The van der Waals surface area contributed by atoms with Gasteiger partial charge >= 0.3 is 0 Å². The number of amides is 1. The minimum Gasteiger partial charge on any atom is -0.325 e. The number of benzene rings is 2. The standard InChI is InChI=1S/C16H12FNO/c17-11-5-3-4-10(8-11)13-9-16(13)12-6-1-2-7-14(12)18-15(16)19/h1-8,13H,9H2,(H,18,19)/t13-,16-/m1/s1. The third-order valence-electron chi connectivity index (χ3n) is 4.27. The quantitative estimate of drug-likeness (QED) is 0.830. The van der Waals surface area contributed by atoms with Crippen molar-refractivity contribution < 1.29 is 9.18 Å². The highest BCUT2D eigenvalue weighted by Gasteiger charge is 2.64. The molecule has 2 aliphatic rings. The van der Waals surface area contributed by atoms with Gasteiger partial charge in [-0.3, -0.25) is 4.79 Å². The van der Waals surface area contributed by atoms with Crippen LogP contribution in [0.3, 0.4) is 0 Å². The molecule has 1 saturated carbocycles. The van der Waals surface area contributed by atoms with E-state index in [4.69, 9.17) is 0 Å². The molecule has 0 radical (unpaired) electrons. The molecular weight excluding hydrogens is 241 g/mol. The molecule has 0 saturated heterocycles. The Balaban J connectivity index is 1.80. The molecule has 1 aliphatic heterocycles. The van der Waals surface area contributed by atoms with Crippen LogP contribution < -0.4 is 5.32 Å². The second-order valence-electron chi connectivity index (χ2n) is 5.28. The zero-order chi connectivity index (χ0) is 13.0. The molecule has 3 heteroatoms. The number of nitrogens with one attached hydrogen (secondary N) is 1. The minimum atomic E-state index is -0.468. The van der Waals surface area contributed by atoms with E-state index >= 15 is 0 Å². The lowest BCUT2D eigenvalue weighted by Gasteiger charge is -2.08. The second-order valence-corrected chi connectivity index (χ2v) is 5.28. The van der Waals surface area contributed by atoms with Gasteiger partial charge in [-0.2, -0.15) is 0 Å². The fraction of sp³-hybridized carbons (Fsp3) is 0.188. The molecular formula is C16H12FNO. The molecule has 1 aliphatic carbocycles. The van der Waals surface area contributed by atoms with Gasteiger partial charge in [0.15, 0.2) is 0 Å². The fourth-order valence-electron chi connectivity index (χ4n) is 3.27. The molecule has 0 unspecified atom stereocenters. The molecule has 0 aromatic heterocycles. The lowest BCUT2D eigenvalue weighted by molar-refractivity contribution is -0.118. The Hall–Kier alpha value is -2.16. The molecule has 1 amide bonds. The van der Waals surface area contributed by atoms with Crippen LogP contribution in [0.5, 0.6) is 0 Å². The number of para-hydroxylation sites is 1. The van der Waals surface area contributed by atoms with Crippen LogP contribution in [0.15, 0.2) is 48.5 Å². The van der Waals surface area contributed by atoms with E-state index in [0.717, 1.165) is 23.2 Å². The Kier molecular flexibility index (Phi) is 1.94. The highest BCUT2D eigenvalue weighted by atomic mass is 19.1. The van der Waals surface area contributed by atoms with Gasteiger partial charge in [-0.1, -0.05) is 30.3 Å². The lowest BCUT2D eigenvalue weighted by Crippen LogP contribution is -2.20. The Labute approximate surface area is 110 Å². The first-order valence-corrected chi connectivity index (χ1v) is 6.38. The van der Waals surface area contributed by atoms with Crippen LogP contribution in [0.4, 0.5) is 10.1 Å². The van der Waals surface area contributed by atoms with Gasteiger partial charge in [0, 0.05) is 11.6 Å². The van der Waals surface area contributed by atoms with Crippen molar-refractivity contribution in [3.05, 3.63) is 65.5 Å². The summed E-state index contributed by atoms with van der Waals surface area (Å²) in [4.78, 5) is 12.3. The Morgan fingerprint density at radius 1 is 1.16 bits per heavy atom. The van der Waals surface area contributed by atoms with Crippen molar-refractivity contribution in [1.82, 2.24) is 0 Å². The molecule has 2 aromatic rings. The zero-order valence-electron chi connectivity index (χ0n) is 10.2. The Morgan fingerprint density at radius 2 is 2.00 bits per heavy atom. The van der Waals surface area contributed by atoms with Gasteiger partial charge in [0.2, 0.25) is 5.91 Å². The first-order chi connectivity index (χ1) is 9.22. The summed E-state index contributed by atoms with van der Waals surface area (Å²) in [6, 6.07) is 14.3. The van der Waals surface area contributed by atoms with Gasteiger partial charge in [0.1, 0.15) is 5.82 Å². The molecule has 1 spiro atoms. The number of hydrogen-bond acceptors (Lipinski definition) is 1. The Bertz CT molecular complexity index is 697. The van der Waals surface area contributed by atoms with Crippen LogP contribution in [0.1, 0.15) is 23.5 Å². The lowest BCUT2D eigenvalue weighted by atomic mass is 9.92. The third-order valence-corrected chi connectivity index (χ3v) is 4.27.